The fourth-order valence-corrected chi connectivity index (χ4v) is 3.22. The topological polar surface area (TPSA) is 48.8 Å². The van der Waals surface area contributed by atoms with Crippen molar-refractivity contribution >= 4 is 17.2 Å². The number of nitrogens with zero attached hydrogens (tertiary/aromatic N) is 5. The highest BCUT2D eigenvalue weighted by atomic mass is 15.4. The summed E-state index contributed by atoms with van der Waals surface area (Å²) in [6, 6.07) is 10.2. The van der Waals surface area contributed by atoms with Gasteiger partial charge < -0.3 is 5.32 Å². The molecule has 120 valence electrons. The Morgan fingerprint density at radius 1 is 1.12 bits per heavy atom. The number of anilines is 3. The lowest BCUT2D eigenvalue weighted by Gasteiger charge is -2.17. The predicted octanol–water partition coefficient (Wildman–Crippen LogP) is 1.70. The van der Waals surface area contributed by atoms with E-state index in [1.807, 2.05) is 42.3 Å². The molecule has 2 aromatic heterocycles. The van der Waals surface area contributed by atoms with Gasteiger partial charge in [0.1, 0.15) is 12.4 Å². The maximum atomic E-state index is 4.51. The summed E-state index contributed by atoms with van der Waals surface area (Å²) in [6.45, 7) is 2.15. The van der Waals surface area contributed by atoms with E-state index in [1.54, 1.807) is 6.20 Å². The first-order chi connectivity index (χ1) is 11.7. The van der Waals surface area contributed by atoms with Crippen molar-refractivity contribution in [2.45, 2.75) is 13.1 Å². The molecule has 0 fully saturated rings. The number of hydrogen-bond acceptors (Lipinski definition) is 4. The van der Waals surface area contributed by atoms with Gasteiger partial charge in [0.2, 0.25) is 5.69 Å². The van der Waals surface area contributed by atoms with E-state index in [0.29, 0.717) is 0 Å². The average Bonchev–Trinajstić information content (AvgIpc) is 2.92. The van der Waals surface area contributed by atoms with Crippen molar-refractivity contribution in [3.8, 4) is 11.5 Å². The molecule has 0 saturated heterocycles. The number of aryl methyl sites for hydroxylation is 1. The first-order valence-corrected chi connectivity index (χ1v) is 7.96. The van der Waals surface area contributed by atoms with E-state index in [2.05, 4.69) is 56.9 Å². The minimum Gasteiger partial charge on any atom is -0.344 e. The number of fused-ring (bicyclic) bond motifs is 1. The molecule has 6 nitrogen and oxygen atoms in total. The molecule has 0 saturated carbocycles. The van der Waals surface area contributed by atoms with Gasteiger partial charge in [-0.1, -0.05) is 12.1 Å². The number of aromatic nitrogens is 4. The molecule has 1 aliphatic rings. The highest BCUT2D eigenvalue weighted by Crippen LogP contribution is 2.38. The standard InChI is InChI=1S/C18H19N6/c1-13-21-14-7-4-5-8-15(14)24(13)17-12-19-11-16(23(17)3)18-20-9-6-10-22(18)2/h4-13H,1-3H3/q+1/p+1/t13-/m1/s1. The van der Waals surface area contributed by atoms with Crippen molar-refractivity contribution in [1.82, 2.24) is 9.97 Å². The van der Waals surface area contributed by atoms with Gasteiger partial charge in [-0.05, 0) is 24.0 Å². The van der Waals surface area contributed by atoms with E-state index in [0.717, 1.165) is 28.7 Å². The van der Waals surface area contributed by atoms with Gasteiger partial charge in [0.25, 0.3) is 0 Å². The zero-order valence-electron chi connectivity index (χ0n) is 14.0. The van der Waals surface area contributed by atoms with Crippen molar-refractivity contribution in [3.63, 3.8) is 0 Å². The summed E-state index contributed by atoms with van der Waals surface area (Å²) >= 11 is 0. The highest BCUT2D eigenvalue weighted by molar-refractivity contribution is 5.80. The molecule has 1 aromatic carbocycles. The molecule has 3 aromatic rings. The van der Waals surface area contributed by atoms with Crippen LogP contribution in [0.1, 0.15) is 6.92 Å². The van der Waals surface area contributed by atoms with E-state index in [-0.39, 0.29) is 6.17 Å². The fraction of sp³-hybridized carbons (Fsp3) is 0.222. The van der Waals surface area contributed by atoms with Crippen LogP contribution in [0.2, 0.25) is 0 Å². The number of rotatable bonds is 2. The van der Waals surface area contributed by atoms with Crippen molar-refractivity contribution in [2.24, 2.45) is 14.1 Å². The summed E-state index contributed by atoms with van der Waals surface area (Å²) in [6.07, 6.45) is 7.70. The summed E-state index contributed by atoms with van der Waals surface area (Å²) in [4.78, 5) is 11.2. The molecule has 1 atom stereocenters. The zero-order chi connectivity index (χ0) is 16.7. The Morgan fingerprint density at radius 3 is 2.79 bits per heavy atom. The van der Waals surface area contributed by atoms with E-state index in [1.165, 1.54) is 0 Å². The molecule has 3 heterocycles. The molecule has 1 aliphatic heterocycles. The Balaban J connectivity index is 1.87. The summed E-state index contributed by atoms with van der Waals surface area (Å²) in [7, 11) is 4.04. The largest absolute Gasteiger partial charge is 0.371 e. The average molecular weight is 320 g/mol. The lowest BCUT2D eigenvalue weighted by atomic mass is 10.2. The first-order valence-electron chi connectivity index (χ1n) is 7.96. The maximum Gasteiger partial charge on any atom is 0.371 e. The number of benzene rings is 1. The van der Waals surface area contributed by atoms with Gasteiger partial charge >= 0.3 is 11.6 Å². The second kappa shape index (κ2) is 5.56. The Bertz CT molecular complexity index is 908. The van der Waals surface area contributed by atoms with Gasteiger partial charge in [-0.3, -0.25) is 4.98 Å². The third-order valence-corrected chi connectivity index (χ3v) is 4.41. The van der Waals surface area contributed by atoms with Gasteiger partial charge in [-0.25, -0.2) is 14.0 Å². The van der Waals surface area contributed by atoms with Crippen LogP contribution in [-0.2, 0) is 14.1 Å². The number of hydrogen-bond donors (Lipinski definition) is 1. The predicted molar refractivity (Wildman–Crippen MR) is 91.5 cm³/mol. The molecule has 1 N–H and O–H groups in total. The van der Waals surface area contributed by atoms with Crippen LogP contribution in [0.4, 0.5) is 17.2 Å². The van der Waals surface area contributed by atoms with E-state index in [4.69, 9.17) is 0 Å². The van der Waals surface area contributed by atoms with Crippen LogP contribution in [0.25, 0.3) is 11.5 Å². The van der Waals surface area contributed by atoms with Crippen molar-refractivity contribution < 1.29 is 9.13 Å². The van der Waals surface area contributed by atoms with Gasteiger partial charge in [0, 0.05) is 6.07 Å². The van der Waals surface area contributed by atoms with Crippen LogP contribution in [0.15, 0.2) is 55.1 Å². The molecule has 0 aliphatic carbocycles. The van der Waals surface area contributed by atoms with E-state index >= 15 is 0 Å². The maximum absolute atomic E-state index is 4.51. The summed E-state index contributed by atoms with van der Waals surface area (Å²) in [5.74, 6) is 1.89. The van der Waals surface area contributed by atoms with Crippen molar-refractivity contribution in [3.05, 3.63) is 55.1 Å². The van der Waals surface area contributed by atoms with Gasteiger partial charge in [-0.15, -0.1) is 0 Å². The zero-order valence-corrected chi connectivity index (χ0v) is 14.0. The second-order valence-corrected chi connectivity index (χ2v) is 5.97. The normalized spacial score (nSPS) is 16.0. The SMILES string of the molecule is C[C@@H]1Nc2ccccc2N1c1cncc(-c2nccc[n+]2C)[n+]1C. The molecular weight excluding hydrogens is 300 g/mol. The Labute approximate surface area is 141 Å². The molecule has 0 bridgehead atoms. The molecule has 4 rings (SSSR count). The molecule has 0 unspecified atom stereocenters. The van der Waals surface area contributed by atoms with Crippen LogP contribution in [0, 0.1) is 0 Å². The molecular formula is C18H20N6+2. The van der Waals surface area contributed by atoms with Gasteiger partial charge in [0.05, 0.1) is 32.2 Å². The third kappa shape index (κ3) is 2.19. The van der Waals surface area contributed by atoms with Crippen LogP contribution < -0.4 is 19.4 Å². The summed E-state index contributed by atoms with van der Waals surface area (Å²) in [5.41, 5.74) is 3.26. The molecule has 24 heavy (non-hydrogen) atoms. The quantitative estimate of drug-likeness (QED) is 0.730. The van der Waals surface area contributed by atoms with E-state index < -0.39 is 0 Å². The highest BCUT2D eigenvalue weighted by Gasteiger charge is 2.36. The first kappa shape index (κ1) is 14.6. The van der Waals surface area contributed by atoms with Crippen LogP contribution in [0.3, 0.4) is 0 Å². The van der Waals surface area contributed by atoms with Crippen LogP contribution in [-0.4, -0.2) is 16.1 Å². The lowest BCUT2D eigenvalue weighted by Crippen LogP contribution is -2.45. The number of nitrogens with one attached hydrogen (secondary N) is 1. The van der Waals surface area contributed by atoms with E-state index in [9.17, 15) is 0 Å². The van der Waals surface area contributed by atoms with Crippen LogP contribution >= 0.6 is 0 Å². The summed E-state index contributed by atoms with van der Waals surface area (Å²) < 4.78 is 4.13. The van der Waals surface area contributed by atoms with Crippen molar-refractivity contribution in [2.75, 3.05) is 10.2 Å². The minimum atomic E-state index is 0.156. The van der Waals surface area contributed by atoms with Gasteiger partial charge in [-0.2, -0.15) is 0 Å². The summed E-state index contributed by atoms with van der Waals surface area (Å²) in [5, 5.41) is 3.51. The Morgan fingerprint density at radius 2 is 1.96 bits per heavy atom. The molecule has 6 heteroatoms. The van der Waals surface area contributed by atoms with Crippen LogP contribution in [0.5, 0.6) is 0 Å². The smallest absolute Gasteiger partial charge is 0.344 e. The second-order valence-electron chi connectivity index (χ2n) is 5.97. The molecule has 0 spiro atoms. The fourth-order valence-electron chi connectivity index (χ4n) is 3.22. The monoisotopic (exact) mass is 320 g/mol. The third-order valence-electron chi connectivity index (χ3n) is 4.41. The van der Waals surface area contributed by atoms with Gasteiger partial charge in [0.15, 0.2) is 11.9 Å². The Hall–Kier alpha value is -3.02. The lowest BCUT2D eigenvalue weighted by molar-refractivity contribution is -0.687. The molecule has 0 amide bonds. The minimum absolute atomic E-state index is 0.156. The number of para-hydroxylation sites is 2. The molecule has 0 radical (unpaired) electrons. The van der Waals surface area contributed by atoms with Crippen molar-refractivity contribution in [1.29, 1.82) is 0 Å². The Kier molecular flexibility index (Phi) is 3.37.